The van der Waals surface area contributed by atoms with E-state index in [-0.39, 0.29) is 5.92 Å². The van der Waals surface area contributed by atoms with Gasteiger partial charge in [-0.1, -0.05) is 42.5 Å². The van der Waals surface area contributed by atoms with Gasteiger partial charge in [0.25, 0.3) is 0 Å². The predicted molar refractivity (Wildman–Crippen MR) is 114 cm³/mol. The van der Waals surface area contributed by atoms with Crippen molar-refractivity contribution in [1.82, 2.24) is 35.5 Å². The molecule has 5 aromatic rings. The molecule has 0 amide bonds. The minimum atomic E-state index is 0.269. The van der Waals surface area contributed by atoms with Crippen molar-refractivity contribution in [3.63, 3.8) is 0 Å². The van der Waals surface area contributed by atoms with Gasteiger partial charge in [0.2, 0.25) is 11.8 Å². The fourth-order valence-corrected chi connectivity index (χ4v) is 4.19. The SMILES string of the molecule is c1ccc2cc(Cc3nnc(C4CCN(c5ccc6nnnn6n5)CC4)o3)ccc2c1. The van der Waals surface area contributed by atoms with Crippen LogP contribution >= 0.6 is 0 Å². The largest absolute Gasteiger partial charge is 0.425 e. The molecule has 0 atom stereocenters. The summed E-state index contributed by atoms with van der Waals surface area (Å²) in [6.45, 7) is 1.74. The maximum atomic E-state index is 6.04. The first-order chi connectivity index (χ1) is 15.3. The average Bonchev–Trinajstić information content (AvgIpc) is 3.48. The molecule has 1 aliphatic heterocycles. The summed E-state index contributed by atoms with van der Waals surface area (Å²) in [5, 5.41) is 27.0. The van der Waals surface area contributed by atoms with Crippen molar-refractivity contribution in [2.75, 3.05) is 18.0 Å². The zero-order valence-electron chi connectivity index (χ0n) is 16.8. The summed E-state index contributed by atoms with van der Waals surface area (Å²) in [7, 11) is 0. The second-order valence-electron chi connectivity index (χ2n) is 7.87. The Hall–Kier alpha value is -3.88. The minimum absolute atomic E-state index is 0.269. The van der Waals surface area contributed by atoms with Gasteiger partial charge in [-0.15, -0.1) is 25.0 Å². The lowest BCUT2D eigenvalue weighted by Crippen LogP contribution is -2.33. The zero-order valence-corrected chi connectivity index (χ0v) is 16.8. The summed E-state index contributed by atoms with van der Waals surface area (Å²) in [5.74, 6) is 2.55. The van der Waals surface area contributed by atoms with E-state index in [9.17, 15) is 0 Å². The van der Waals surface area contributed by atoms with Crippen LogP contribution in [0.25, 0.3) is 16.4 Å². The molecule has 4 heterocycles. The maximum Gasteiger partial charge on any atom is 0.220 e. The number of hydrogen-bond donors (Lipinski definition) is 0. The standard InChI is InChI=1S/C22H20N8O/c1-2-4-18-13-15(5-6-16(18)3-1)14-21-24-25-22(31-21)17-9-11-29(12-10-17)20-8-7-19-23-27-28-30(19)26-20/h1-8,13,17H,9-12,14H2. The molecular weight excluding hydrogens is 392 g/mol. The van der Waals surface area contributed by atoms with Gasteiger partial charge < -0.3 is 9.32 Å². The van der Waals surface area contributed by atoms with Gasteiger partial charge in [-0.25, -0.2) is 0 Å². The van der Waals surface area contributed by atoms with Gasteiger partial charge in [-0.2, -0.15) is 0 Å². The molecule has 0 radical (unpaired) electrons. The first-order valence-electron chi connectivity index (χ1n) is 10.4. The van der Waals surface area contributed by atoms with E-state index >= 15 is 0 Å². The Morgan fingerprint density at radius 1 is 0.903 bits per heavy atom. The predicted octanol–water partition coefficient (Wildman–Crippen LogP) is 3.03. The summed E-state index contributed by atoms with van der Waals surface area (Å²) < 4.78 is 7.50. The van der Waals surface area contributed by atoms with Crippen LogP contribution in [0.5, 0.6) is 0 Å². The highest BCUT2D eigenvalue weighted by Crippen LogP contribution is 2.29. The third-order valence-corrected chi connectivity index (χ3v) is 5.88. The monoisotopic (exact) mass is 412 g/mol. The highest BCUT2D eigenvalue weighted by Gasteiger charge is 2.26. The van der Waals surface area contributed by atoms with Crippen LogP contribution in [0.3, 0.4) is 0 Å². The summed E-state index contributed by atoms with van der Waals surface area (Å²) in [6, 6.07) is 18.6. The van der Waals surface area contributed by atoms with E-state index < -0.39 is 0 Å². The highest BCUT2D eigenvalue weighted by atomic mass is 16.4. The van der Waals surface area contributed by atoms with Crippen LogP contribution < -0.4 is 4.90 Å². The number of benzene rings is 2. The van der Waals surface area contributed by atoms with Gasteiger partial charge in [0.05, 0.1) is 6.42 Å². The molecule has 0 aliphatic carbocycles. The van der Waals surface area contributed by atoms with Crippen LogP contribution in [-0.4, -0.2) is 48.5 Å². The summed E-state index contributed by atoms with van der Waals surface area (Å²) in [4.78, 5) is 2.24. The second kappa shape index (κ2) is 7.42. The third kappa shape index (κ3) is 3.48. The molecule has 1 saturated heterocycles. The van der Waals surface area contributed by atoms with Crippen molar-refractivity contribution < 1.29 is 4.42 Å². The Kier molecular flexibility index (Phi) is 4.29. The van der Waals surface area contributed by atoms with Crippen LogP contribution in [0.1, 0.15) is 36.1 Å². The molecule has 0 bridgehead atoms. The molecule has 6 rings (SSSR count). The van der Waals surface area contributed by atoms with E-state index in [1.54, 1.807) is 0 Å². The van der Waals surface area contributed by atoms with E-state index in [4.69, 9.17) is 4.42 Å². The van der Waals surface area contributed by atoms with Crippen LogP contribution in [0, 0.1) is 0 Å². The number of tetrazole rings is 1. The molecule has 9 heteroatoms. The average molecular weight is 412 g/mol. The van der Waals surface area contributed by atoms with Crippen molar-refractivity contribution in [1.29, 1.82) is 0 Å². The number of piperidine rings is 1. The van der Waals surface area contributed by atoms with Gasteiger partial charge in [-0.3, -0.25) is 0 Å². The highest BCUT2D eigenvalue weighted by molar-refractivity contribution is 5.83. The third-order valence-electron chi connectivity index (χ3n) is 5.88. The number of aromatic nitrogens is 7. The lowest BCUT2D eigenvalue weighted by molar-refractivity contribution is 0.378. The Morgan fingerprint density at radius 2 is 1.77 bits per heavy atom. The smallest absolute Gasteiger partial charge is 0.220 e. The van der Waals surface area contributed by atoms with Gasteiger partial charge in [0.1, 0.15) is 0 Å². The Bertz CT molecular complexity index is 1350. The normalized spacial score (nSPS) is 15.2. The lowest BCUT2D eigenvalue weighted by Gasteiger charge is -2.30. The van der Waals surface area contributed by atoms with Crippen LogP contribution in [0.2, 0.25) is 0 Å². The van der Waals surface area contributed by atoms with Gasteiger partial charge in [-0.05, 0) is 51.7 Å². The quantitative estimate of drug-likeness (QED) is 0.444. The molecule has 9 nitrogen and oxygen atoms in total. The number of fused-ring (bicyclic) bond motifs is 2. The van der Waals surface area contributed by atoms with E-state index in [1.807, 2.05) is 12.1 Å². The first kappa shape index (κ1) is 17.9. The molecule has 0 spiro atoms. The molecule has 1 aliphatic rings. The summed E-state index contributed by atoms with van der Waals surface area (Å²) in [5.41, 5.74) is 1.82. The lowest BCUT2D eigenvalue weighted by atomic mass is 9.97. The molecule has 3 aromatic heterocycles. The van der Waals surface area contributed by atoms with E-state index in [2.05, 4.69) is 78.2 Å². The number of hydrogen-bond acceptors (Lipinski definition) is 8. The van der Waals surface area contributed by atoms with Gasteiger partial charge in [0.15, 0.2) is 11.5 Å². The molecule has 0 N–H and O–H groups in total. The molecule has 0 unspecified atom stereocenters. The Balaban J connectivity index is 1.12. The van der Waals surface area contributed by atoms with Crippen LogP contribution in [-0.2, 0) is 6.42 Å². The Morgan fingerprint density at radius 3 is 2.68 bits per heavy atom. The van der Waals surface area contributed by atoms with E-state index in [1.165, 1.54) is 21.0 Å². The Labute approximate surface area is 177 Å². The fraction of sp³-hybridized carbons (Fsp3) is 0.273. The molecular formula is C22H20N8O. The topological polar surface area (TPSA) is 98.1 Å². The fourth-order valence-electron chi connectivity index (χ4n) is 4.19. The van der Waals surface area contributed by atoms with Crippen molar-refractivity contribution in [3.05, 3.63) is 71.9 Å². The summed E-state index contributed by atoms with van der Waals surface area (Å²) in [6.07, 6.45) is 2.52. The van der Waals surface area contributed by atoms with Crippen molar-refractivity contribution in [3.8, 4) is 0 Å². The number of anilines is 1. The van der Waals surface area contributed by atoms with Crippen molar-refractivity contribution >= 4 is 22.2 Å². The zero-order chi connectivity index (χ0) is 20.6. The molecule has 2 aromatic carbocycles. The molecule has 154 valence electrons. The van der Waals surface area contributed by atoms with E-state index in [0.29, 0.717) is 18.0 Å². The van der Waals surface area contributed by atoms with Crippen LogP contribution in [0.4, 0.5) is 5.82 Å². The first-order valence-corrected chi connectivity index (χ1v) is 10.4. The summed E-state index contributed by atoms with van der Waals surface area (Å²) >= 11 is 0. The second-order valence-corrected chi connectivity index (χ2v) is 7.87. The minimum Gasteiger partial charge on any atom is -0.425 e. The van der Waals surface area contributed by atoms with Crippen LogP contribution in [0.15, 0.2) is 59.0 Å². The molecule has 0 saturated carbocycles. The van der Waals surface area contributed by atoms with Gasteiger partial charge in [0, 0.05) is 19.0 Å². The van der Waals surface area contributed by atoms with Crippen molar-refractivity contribution in [2.45, 2.75) is 25.2 Å². The number of nitrogens with zero attached hydrogens (tertiary/aromatic N) is 8. The molecule has 31 heavy (non-hydrogen) atoms. The number of rotatable bonds is 4. The molecule has 1 fully saturated rings. The maximum absolute atomic E-state index is 6.04. The van der Waals surface area contributed by atoms with Gasteiger partial charge >= 0.3 is 0 Å². The van der Waals surface area contributed by atoms with E-state index in [0.717, 1.165) is 37.6 Å². The van der Waals surface area contributed by atoms with Crippen molar-refractivity contribution in [2.24, 2.45) is 0 Å².